The molecule has 1 aromatic carbocycles. The zero-order chi connectivity index (χ0) is 16.5. The second-order valence-electron chi connectivity index (χ2n) is 5.34. The molecule has 0 unspecified atom stereocenters. The highest BCUT2D eigenvalue weighted by molar-refractivity contribution is 6.32. The zero-order valence-electron chi connectivity index (χ0n) is 14.5. The highest BCUT2D eigenvalue weighted by Crippen LogP contribution is 2.36. The van der Waals surface area contributed by atoms with Crippen LogP contribution in [0.25, 0.3) is 0 Å². The summed E-state index contributed by atoms with van der Waals surface area (Å²) in [5.41, 5.74) is 1.07. The quantitative estimate of drug-likeness (QED) is 0.497. The van der Waals surface area contributed by atoms with Crippen molar-refractivity contribution in [3.8, 4) is 11.5 Å². The first-order valence-electron chi connectivity index (χ1n) is 7.85. The molecular formula is C17H27Cl3N2O3. The predicted molar refractivity (Wildman–Crippen MR) is 107 cm³/mol. The second-order valence-corrected chi connectivity index (χ2v) is 5.75. The molecule has 2 rings (SSSR count). The van der Waals surface area contributed by atoms with Gasteiger partial charge in [-0.3, -0.25) is 4.90 Å². The number of hydrogen-bond donors (Lipinski definition) is 1. The third-order valence-electron chi connectivity index (χ3n) is 3.67. The average Bonchev–Trinajstić information content (AvgIpc) is 2.58. The van der Waals surface area contributed by atoms with Gasteiger partial charge in [-0.05, 0) is 17.7 Å². The Morgan fingerprint density at radius 3 is 2.68 bits per heavy atom. The number of methoxy groups -OCH3 is 1. The fourth-order valence-electron chi connectivity index (χ4n) is 2.45. The Morgan fingerprint density at radius 2 is 2.04 bits per heavy atom. The van der Waals surface area contributed by atoms with Crippen LogP contribution in [0.1, 0.15) is 5.56 Å². The molecule has 0 aliphatic carbocycles. The van der Waals surface area contributed by atoms with Crippen molar-refractivity contribution in [1.82, 2.24) is 10.2 Å². The maximum atomic E-state index is 6.29. The van der Waals surface area contributed by atoms with Crippen molar-refractivity contribution in [2.45, 2.75) is 6.54 Å². The monoisotopic (exact) mass is 412 g/mol. The van der Waals surface area contributed by atoms with Crippen molar-refractivity contribution in [3.63, 3.8) is 0 Å². The molecule has 0 saturated carbocycles. The molecule has 0 radical (unpaired) electrons. The SMILES string of the molecule is C=CCOc1c(Cl)cc(CNCCN2CCOCC2)cc1OC.Cl.Cl. The van der Waals surface area contributed by atoms with Gasteiger partial charge < -0.3 is 19.5 Å². The van der Waals surface area contributed by atoms with Gasteiger partial charge in [-0.2, -0.15) is 0 Å². The van der Waals surface area contributed by atoms with Crippen molar-refractivity contribution in [2.24, 2.45) is 0 Å². The Morgan fingerprint density at radius 1 is 1.32 bits per heavy atom. The average molecular weight is 414 g/mol. The summed E-state index contributed by atoms with van der Waals surface area (Å²) in [5.74, 6) is 1.20. The van der Waals surface area contributed by atoms with Gasteiger partial charge in [0.25, 0.3) is 0 Å². The fourth-order valence-corrected chi connectivity index (χ4v) is 2.74. The van der Waals surface area contributed by atoms with Gasteiger partial charge in [0.2, 0.25) is 0 Å². The predicted octanol–water partition coefficient (Wildman–Crippen LogP) is 3.18. The van der Waals surface area contributed by atoms with E-state index in [4.69, 9.17) is 25.8 Å². The minimum absolute atomic E-state index is 0. The number of rotatable bonds is 9. The maximum absolute atomic E-state index is 6.29. The number of benzene rings is 1. The standard InChI is InChI=1S/C17H25ClN2O3.2ClH/c1-3-8-23-17-15(18)11-14(12-16(17)21-2)13-19-4-5-20-6-9-22-10-7-20;;/h3,11-12,19H,1,4-10,13H2,2H3;2*1H. The van der Waals surface area contributed by atoms with Crippen molar-refractivity contribution in [2.75, 3.05) is 53.1 Å². The Labute approximate surface area is 167 Å². The highest BCUT2D eigenvalue weighted by Gasteiger charge is 2.12. The molecule has 0 amide bonds. The van der Waals surface area contributed by atoms with Crippen molar-refractivity contribution in [1.29, 1.82) is 0 Å². The van der Waals surface area contributed by atoms with E-state index in [0.29, 0.717) is 23.1 Å². The third kappa shape index (κ3) is 8.03. The van der Waals surface area contributed by atoms with E-state index in [2.05, 4.69) is 16.8 Å². The van der Waals surface area contributed by atoms with Gasteiger partial charge >= 0.3 is 0 Å². The van der Waals surface area contributed by atoms with E-state index in [1.165, 1.54) is 0 Å². The normalized spacial score (nSPS) is 14.2. The fraction of sp³-hybridized carbons (Fsp3) is 0.529. The topological polar surface area (TPSA) is 43.0 Å². The van der Waals surface area contributed by atoms with E-state index in [1.807, 2.05) is 12.1 Å². The van der Waals surface area contributed by atoms with Crippen LogP contribution in [-0.2, 0) is 11.3 Å². The lowest BCUT2D eigenvalue weighted by atomic mass is 10.2. The summed E-state index contributed by atoms with van der Waals surface area (Å²) >= 11 is 6.29. The van der Waals surface area contributed by atoms with Crippen LogP contribution in [0, 0.1) is 0 Å². The molecule has 25 heavy (non-hydrogen) atoms. The second kappa shape index (κ2) is 13.5. The van der Waals surface area contributed by atoms with Crippen LogP contribution in [0.15, 0.2) is 24.8 Å². The number of morpholine rings is 1. The van der Waals surface area contributed by atoms with Gasteiger partial charge in [-0.15, -0.1) is 24.8 Å². The molecule has 144 valence electrons. The summed E-state index contributed by atoms with van der Waals surface area (Å²) in [6.07, 6.45) is 1.68. The lowest BCUT2D eigenvalue weighted by molar-refractivity contribution is 0.0384. The summed E-state index contributed by atoms with van der Waals surface area (Å²) in [5, 5.41) is 3.99. The van der Waals surface area contributed by atoms with Crippen LogP contribution in [0.2, 0.25) is 5.02 Å². The molecule has 0 bridgehead atoms. The first-order valence-corrected chi connectivity index (χ1v) is 8.23. The Hall–Kier alpha value is -0.690. The molecule has 1 fully saturated rings. The molecule has 5 nitrogen and oxygen atoms in total. The van der Waals surface area contributed by atoms with Gasteiger partial charge in [0.05, 0.1) is 25.3 Å². The Bertz CT molecular complexity index is 512. The van der Waals surface area contributed by atoms with Crippen LogP contribution in [0.3, 0.4) is 0 Å². The van der Waals surface area contributed by atoms with Crippen LogP contribution in [0.4, 0.5) is 0 Å². The van der Waals surface area contributed by atoms with Crippen LogP contribution in [0.5, 0.6) is 11.5 Å². The number of halogens is 3. The smallest absolute Gasteiger partial charge is 0.180 e. The largest absolute Gasteiger partial charge is 0.493 e. The van der Waals surface area contributed by atoms with Gasteiger partial charge in [-0.1, -0.05) is 24.3 Å². The molecular weight excluding hydrogens is 387 g/mol. The van der Waals surface area contributed by atoms with Gasteiger partial charge in [0, 0.05) is 32.7 Å². The first kappa shape index (κ1) is 24.3. The van der Waals surface area contributed by atoms with Crippen molar-refractivity contribution >= 4 is 36.4 Å². The summed E-state index contributed by atoms with van der Waals surface area (Å²) in [4.78, 5) is 2.40. The van der Waals surface area contributed by atoms with E-state index in [9.17, 15) is 0 Å². The molecule has 1 aliphatic rings. The molecule has 0 aromatic heterocycles. The van der Waals surface area contributed by atoms with E-state index in [1.54, 1.807) is 13.2 Å². The molecule has 1 heterocycles. The zero-order valence-corrected chi connectivity index (χ0v) is 16.9. The molecule has 1 saturated heterocycles. The summed E-state index contributed by atoms with van der Waals surface area (Å²) in [7, 11) is 1.61. The minimum Gasteiger partial charge on any atom is -0.493 e. The number of nitrogens with zero attached hydrogens (tertiary/aromatic N) is 1. The first-order chi connectivity index (χ1) is 11.2. The van der Waals surface area contributed by atoms with E-state index >= 15 is 0 Å². The van der Waals surface area contributed by atoms with E-state index < -0.39 is 0 Å². The van der Waals surface area contributed by atoms with Crippen molar-refractivity contribution < 1.29 is 14.2 Å². The number of hydrogen-bond acceptors (Lipinski definition) is 5. The Balaban J connectivity index is 0.00000288. The van der Waals surface area contributed by atoms with Crippen LogP contribution in [-0.4, -0.2) is 58.0 Å². The summed E-state index contributed by atoms with van der Waals surface area (Å²) in [6, 6.07) is 3.86. The maximum Gasteiger partial charge on any atom is 0.180 e. The third-order valence-corrected chi connectivity index (χ3v) is 3.95. The summed E-state index contributed by atoms with van der Waals surface area (Å²) < 4.78 is 16.3. The molecule has 0 spiro atoms. The lowest BCUT2D eigenvalue weighted by Crippen LogP contribution is -2.40. The number of nitrogens with one attached hydrogen (secondary N) is 1. The van der Waals surface area contributed by atoms with E-state index in [0.717, 1.165) is 51.5 Å². The Kier molecular flexibility index (Phi) is 13.1. The molecule has 1 aromatic rings. The van der Waals surface area contributed by atoms with E-state index in [-0.39, 0.29) is 24.8 Å². The van der Waals surface area contributed by atoms with Gasteiger partial charge in [0.15, 0.2) is 11.5 Å². The van der Waals surface area contributed by atoms with Gasteiger partial charge in [-0.25, -0.2) is 0 Å². The summed E-state index contributed by atoms with van der Waals surface area (Å²) in [6.45, 7) is 10.4. The molecule has 1 aliphatic heterocycles. The van der Waals surface area contributed by atoms with Crippen LogP contribution >= 0.6 is 36.4 Å². The minimum atomic E-state index is 0. The number of ether oxygens (including phenoxy) is 3. The van der Waals surface area contributed by atoms with Crippen molar-refractivity contribution in [3.05, 3.63) is 35.4 Å². The molecule has 8 heteroatoms. The van der Waals surface area contributed by atoms with Crippen LogP contribution < -0.4 is 14.8 Å². The molecule has 1 N–H and O–H groups in total. The lowest BCUT2D eigenvalue weighted by Gasteiger charge is -2.26. The highest BCUT2D eigenvalue weighted by atomic mass is 35.5. The van der Waals surface area contributed by atoms with Gasteiger partial charge in [0.1, 0.15) is 6.61 Å². The molecule has 0 atom stereocenters.